The summed E-state index contributed by atoms with van der Waals surface area (Å²) in [5.41, 5.74) is 3.13. The van der Waals surface area contributed by atoms with E-state index in [9.17, 15) is 9.59 Å². The maximum absolute atomic E-state index is 12.6. The third-order valence-corrected chi connectivity index (χ3v) is 6.45. The van der Waals surface area contributed by atoms with Gasteiger partial charge in [-0.3, -0.25) is 9.59 Å². The predicted octanol–water partition coefficient (Wildman–Crippen LogP) is 7.02. The van der Waals surface area contributed by atoms with Crippen LogP contribution in [0.5, 0.6) is 11.5 Å². The van der Waals surface area contributed by atoms with Crippen molar-refractivity contribution in [3.8, 4) is 11.5 Å². The molecule has 0 aliphatic rings. The van der Waals surface area contributed by atoms with Crippen LogP contribution >= 0.6 is 31.9 Å². The van der Waals surface area contributed by atoms with Crippen LogP contribution in [-0.4, -0.2) is 25.0 Å². The molecule has 0 heterocycles. The summed E-state index contributed by atoms with van der Waals surface area (Å²) in [4.78, 5) is 25.2. The van der Waals surface area contributed by atoms with Crippen molar-refractivity contribution in [3.63, 3.8) is 0 Å². The lowest BCUT2D eigenvalue weighted by molar-refractivity contribution is -0.118. The maximum Gasteiger partial charge on any atom is 0.262 e. The highest BCUT2D eigenvalue weighted by Gasteiger charge is 2.12. The van der Waals surface area contributed by atoms with Crippen molar-refractivity contribution in [3.05, 3.63) is 92.9 Å². The van der Waals surface area contributed by atoms with Gasteiger partial charge in [0.05, 0.1) is 0 Å². The van der Waals surface area contributed by atoms with Crippen molar-refractivity contribution in [1.29, 1.82) is 0 Å². The fourth-order valence-electron chi connectivity index (χ4n) is 3.74. The van der Waals surface area contributed by atoms with Gasteiger partial charge in [-0.2, -0.15) is 0 Å². The monoisotopic (exact) mass is 610 g/mol. The second-order valence-corrected chi connectivity index (χ2v) is 10.0. The van der Waals surface area contributed by atoms with E-state index in [1.165, 1.54) is 0 Å². The standard InChI is InChI=1S/C28H24Br2N2O4/c1-17-13-19(29)9-11-25(17)35-15-27(33)31-23-7-3-6-22-21(23)5-4-8-24(22)32-28(34)16-36-26-12-10-20(30)14-18(26)2/h3-14H,15-16H2,1-2H3,(H,31,33)(H,32,34). The minimum absolute atomic E-state index is 0.123. The number of hydrogen-bond donors (Lipinski definition) is 2. The number of halogens is 2. The second kappa shape index (κ2) is 11.6. The first kappa shape index (κ1) is 25.7. The zero-order valence-electron chi connectivity index (χ0n) is 19.7. The lowest BCUT2D eigenvalue weighted by Gasteiger charge is -2.14. The third kappa shape index (κ3) is 6.44. The number of fused-ring (bicyclic) bond motifs is 1. The fourth-order valence-corrected chi connectivity index (χ4v) is 4.69. The molecule has 0 aliphatic heterocycles. The SMILES string of the molecule is Cc1cc(Br)ccc1OCC(=O)Nc1cccc2c(NC(=O)COc3ccc(Br)cc3C)cccc12. The molecule has 4 aromatic carbocycles. The molecule has 0 fully saturated rings. The molecule has 0 unspecified atom stereocenters. The molecular weight excluding hydrogens is 588 g/mol. The number of anilines is 2. The van der Waals surface area contributed by atoms with Crippen LogP contribution in [0.4, 0.5) is 11.4 Å². The third-order valence-electron chi connectivity index (χ3n) is 5.46. The molecule has 0 atom stereocenters. The Morgan fingerprint density at radius 1 is 0.667 bits per heavy atom. The topological polar surface area (TPSA) is 76.7 Å². The Bertz CT molecular complexity index is 1330. The molecule has 0 aromatic heterocycles. The molecule has 4 aromatic rings. The van der Waals surface area contributed by atoms with Crippen molar-refractivity contribution >= 4 is 65.8 Å². The number of hydrogen-bond acceptors (Lipinski definition) is 4. The summed E-state index contributed by atoms with van der Waals surface area (Å²) in [5, 5.41) is 7.42. The van der Waals surface area contributed by atoms with Crippen molar-refractivity contribution in [2.24, 2.45) is 0 Å². The quantitative estimate of drug-likeness (QED) is 0.225. The Morgan fingerprint density at radius 2 is 1.08 bits per heavy atom. The highest BCUT2D eigenvalue weighted by molar-refractivity contribution is 9.10. The first-order chi connectivity index (χ1) is 17.3. The summed E-state index contributed by atoms with van der Waals surface area (Å²) in [6, 6.07) is 22.3. The van der Waals surface area contributed by atoms with Crippen LogP contribution in [0.3, 0.4) is 0 Å². The van der Waals surface area contributed by atoms with Gasteiger partial charge in [0.15, 0.2) is 13.2 Å². The number of benzene rings is 4. The molecule has 4 rings (SSSR count). The zero-order chi connectivity index (χ0) is 25.7. The van der Waals surface area contributed by atoms with Crippen LogP contribution in [-0.2, 0) is 9.59 Å². The molecule has 0 aliphatic carbocycles. The highest BCUT2D eigenvalue weighted by atomic mass is 79.9. The molecule has 2 N–H and O–H groups in total. The molecule has 0 saturated heterocycles. The lowest BCUT2D eigenvalue weighted by atomic mass is 10.1. The van der Waals surface area contributed by atoms with Gasteiger partial charge < -0.3 is 20.1 Å². The fraction of sp³-hybridized carbons (Fsp3) is 0.143. The average Bonchev–Trinajstić information content (AvgIpc) is 2.83. The Balaban J connectivity index is 1.42. The number of amides is 2. The van der Waals surface area contributed by atoms with Crippen molar-refractivity contribution < 1.29 is 19.1 Å². The summed E-state index contributed by atoms with van der Waals surface area (Å²) in [6.07, 6.45) is 0. The Kier molecular flexibility index (Phi) is 8.28. The van der Waals surface area contributed by atoms with Crippen LogP contribution in [0, 0.1) is 13.8 Å². The van der Waals surface area contributed by atoms with E-state index in [0.29, 0.717) is 22.9 Å². The predicted molar refractivity (Wildman–Crippen MR) is 150 cm³/mol. The number of nitrogens with one attached hydrogen (secondary N) is 2. The number of aryl methyl sites for hydroxylation is 2. The zero-order valence-corrected chi connectivity index (χ0v) is 22.9. The molecular formula is C28H24Br2N2O4. The first-order valence-corrected chi connectivity index (χ1v) is 12.8. The van der Waals surface area contributed by atoms with Gasteiger partial charge >= 0.3 is 0 Å². The molecule has 36 heavy (non-hydrogen) atoms. The van der Waals surface area contributed by atoms with Crippen LogP contribution in [0.1, 0.15) is 11.1 Å². The molecule has 6 nitrogen and oxygen atoms in total. The number of carbonyl (C=O) groups excluding carboxylic acids is 2. The normalized spacial score (nSPS) is 10.7. The van der Waals surface area contributed by atoms with Gasteiger partial charge in [0.1, 0.15) is 11.5 Å². The second-order valence-electron chi connectivity index (χ2n) is 8.20. The molecule has 8 heteroatoms. The largest absolute Gasteiger partial charge is 0.483 e. The lowest BCUT2D eigenvalue weighted by Crippen LogP contribution is -2.21. The minimum Gasteiger partial charge on any atom is -0.483 e. The molecule has 0 spiro atoms. The van der Waals surface area contributed by atoms with Gasteiger partial charge in [0.2, 0.25) is 0 Å². The van der Waals surface area contributed by atoms with Gasteiger partial charge in [-0.15, -0.1) is 0 Å². The van der Waals surface area contributed by atoms with Crippen LogP contribution in [0.2, 0.25) is 0 Å². The minimum atomic E-state index is -0.280. The molecule has 0 saturated carbocycles. The van der Waals surface area contributed by atoms with Crippen molar-refractivity contribution in [2.45, 2.75) is 13.8 Å². The van der Waals surface area contributed by atoms with E-state index in [-0.39, 0.29) is 25.0 Å². The van der Waals surface area contributed by atoms with E-state index in [4.69, 9.17) is 9.47 Å². The van der Waals surface area contributed by atoms with Crippen LogP contribution in [0.25, 0.3) is 10.8 Å². The smallest absolute Gasteiger partial charge is 0.262 e. The van der Waals surface area contributed by atoms with Gasteiger partial charge in [0, 0.05) is 31.1 Å². The van der Waals surface area contributed by atoms with Crippen molar-refractivity contribution in [2.75, 3.05) is 23.8 Å². The van der Waals surface area contributed by atoms with E-state index in [1.807, 2.05) is 86.6 Å². The molecule has 0 bridgehead atoms. The first-order valence-electron chi connectivity index (χ1n) is 11.2. The van der Waals surface area contributed by atoms with E-state index in [2.05, 4.69) is 42.5 Å². The summed E-state index contributed by atoms with van der Waals surface area (Å²) in [5.74, 6) is 0.740. The summed E-state index contributed by atoms with van der Waals surface area (Å²) in [6.45, 7) is 3.59. The maximum atomic E-state index is 12.6. The summed E-state index contributed by atoms with van der Waals surface area (Å²) < 4.78 is 13.3. The number of ether oxygens (including phenoxy) is 2. The van der Waals surface area contributed by atoms with Gasteiger partial charge in [-0.25, -0.2) is 0 Å². The van der Waals surface area contributed by atoms with Crippen molar-refractivity contribution in [1.82, 2.24) is 0 Å². The average molecular weight is 612 g/mol. The van der Waals surface area contributed by atoms with Crippen LogP contribution in [0.15, 0.2) is 81.7 Å². The Labute approximate surface area is 226 Å². The number of carbonyl (C=O) groups is 2. The number of rotatable bonds is 8. The molecule has 184 valence electrons. The van der Waals surface area contributed by atoms with Gasteiger partial charge in [0.25, 0.3) is 11.8 Å². The van der Waals surface area contributed by atoms with Crippen LogP contribution < -0.4 is 20.1 Å². The molecule has 0 radical (unpaired) electrons. The summed E-state index contributed by atoms with van der Waals surface area (Å²) in [7, 11) is 0. The Morgan fingerprint density at radius 3 is 1.47 bits per heavy atom. The van der Waals surface area contributed by atoms with Gasteiger partial charge in [-0.05, 0) is 73.5 Å². The molecule has 2 amide bonds. The van der Waals surface area contributed by atoms with E-state index >= 15 is 0 Å². The van der Waals surface area contributed by atoms with Gasteiger partial charge in [-0.1, -0.05) is 56.1 Å². The van der Waals surface area contributed by atoms with E-state index in [0.717, 1.165) is 30.8 Å². The van der Waals surface area contributed by atoms with E-state index in [1.54, 1.807) is 0 Å². The highest BCUT2D eigenvalue weighted by Crippen LogP contribution is 2.30. The Hall–Kier alpha value is -3.36. The summed E-state index contributed by atoms with van der Waals surface area (Å²) >= 11 is 6.84. The van der Waals surface area contributed by atoms with E-state index < -0.39 is 0 Å².